The van der Waals surface area contributed by atoms with E-state index < -0.39 is 0 Å². The molecule has 0 aromatic heterocycles. The SMILES string of the molecule is CCNCCNC(=O)CN(CC(=O)N(C)N1Cc2ccc(F)cc2C1)c1cc(C(C)=O)ccc1C.Cl.Cl. The van der Waals surface area contributed by atoms with Gasteiger partial charge in [0.25, 0.3) is 5.91 Å². The number of ketones is 1. The Morgan fingerprint density at radius 1 is 1.00 bits per heavy atom. The first kappa shape index (κ1) is 32.3. The molecule has 2 N–H and O–H groups in total. The van der Waals surface area contributed by atoms with Gasteiger partial charge in [-0.3, -0.25) is 19.4 Å². The number of anilines is 1. The number of benzene rings is 2. The minimum atomic E-state index is -0.299. The highest BCUT2D eigenvalue weighted by atomic mass is 35.5. The van der Waals surface area contributed by atoms with E-state index in [4.69, 9.17) is 0 Å². The summed E-state index contributed by atoms with van der Waals surface area (Å²) < 4.78 is 13.6. The predicted molar refractivity (Wildman–Crippen MR) is 148 cm³/mol. The van der Waals surface area contributed by atoms with Crippen molar-refractivity contribution in [3.05, 3.63) is 64.5 Å². The second-order valence-corrected chi connectivity index (χ2v) is 8.77. The second kappa shape index (κ2) is 14.9. The van der Waals surface area contributed by atoms with Crippen molar-refractivity contribution in [3.63, 3.8) is 0 Å². The summed E-state index contributed by atoms with van der Waals surface area (Å²) in [7, 11) is 1.68. The van der Waals surface area contributed by atoms with Gasteiger partial charge < -0.3 is 15.5 Å². The third-order valence-electron chi connectivity index (χ3n) is 6.15. The number of fused-ring (bicyclic) bond motifs is 1. The van der Waals surface area contributed by atoms with Crippen LogP contribution in [-0.4, -0.2) is 67.4 Å². The third-order valence-corrected chi connectivity index (χ3v) is 6.15. The van der Waals surface area contributed by atoms with E-state index in [0.717, 1.165) is 23.2 Å². The predicted octanol–water partition coefficient (Wildman–Crippen LogP) is 3.10. The summed E-state index contributed by atoms with van der Waals surface area (Å²) in [5, 5.41) is 9.39. The lowest BCUT2D eigenvalue weighted by Crippen LogP contribution is -2.48. The summed E-state index contributed by atoms with van der Waals surface area (Å²) in [6.07, 6.45) is 0. The number of hydrogen-bond acceptors (Lipinski definition) is 6. The van der Waals surface area contributed by atoms with E-state index >= 15 is 0 Å². The average Bonchev–Trinajstić information content (AvgIpc) is 3.24. The van der Waals surface area contributed by atoms with Gasteiger partial charge in [-0.2, -0.15) is 0 Å². The topological polar surface area (TPSA) is 85.0 Å². The van der Waals surface area contributed by atoms with Crippen molar-refractivity contribution in [3.8, 4) is 0 Å². The van der Waals surface area contributed by atoms with Gasteiger partial charge in [-0.25, -0.2) is 9.40 Å². The Kier molecular flexibility index (Phi) is 13.0. The van der Waals surface area contributed by atoms with E-state index in [9.17, 15) is 18.8 Å². The molecule has 3 rings (SSSR count). The zero-order chi connectivity index (χ0) is 25.5. The highest BCUT2D eigenvalue weighted by Crippen LogP contribution is 2.26. The molecule has 0 radical (unpaired) electrons. The summed E-state index contributed by atoms with van der Waals surface area (Å²) in [5.41, 5.74) is 3.86. The summed E-state index contributed by atoms with van der Waals surface area (Å²) in [5.74, 6) is -0.820. The van der Waals surface area contributed by atoms with Gasteiger partial charge in [0.05, 0.1) is 13.1 Å². The highest BCUT2D eigenvalue weighted by Gasteiger charge is 2.27. The van der Waals surface area contributed by atoms with Crippen LogP contribution in [0.25, 0.3) is 0 Å². The van der Waals surface area contributed by atoms with Crippen LogP contribution in [0.1, 0.15) is 40.9 Å². The molecule has 0 spiro atoms. The van der Waals surface area contributed by atoms with Gasteiger partial charge in [0.1, 0.15) is 5.82 Å². The van der Waals surface area contributed by atoms with E-state index in [-0.39, 0.29) is 61.3 Å². The third kappa shape index (κ3) is 8.67. The number of carbonyl (C=O) groups excluding carboxylic acids is 3. The first-order chi connectivity index (χ1) is 16.7. The van der Waals surface area contributed by atoms with Crippen molar-refractivity contribution in [2.75, 3.05) is 44.7 Å². The van der Waals surface area contributed by atoms with E-state index in [0.29, 0.717) is 37.4 Å². The van der Waals surface area contributed by atoms with Crippen molar-refractivity contribution in [2.24, 2.45) is 0 Å². The molecule has 11 heteroatoms. The number of likely N-dealkylation sites (N-methyl/N-ethyl adjacent to an activating group) is 2. The molecular weight excluding hydrogens is 520 g/mol. The largest absolute Gasteiger partial charge is 0.353 e. The highest BCUT2D eigenvalue weighted by molar-refractivity contribution is 5.96. The molecular formula is C26H36Cl2FN5O3. The molecule has 1 heterocycles. The number of hydrazine groups is 1. The molecule has 0 aliphatic carbocycles. The smallest absolute Gasteiger partial charge is 0.256 e. The molecule has 0 saturated carbocycles. The van der Waals surface area contributed by atoms with Crippen LogP contribution < -0.4 is 15.5 Å². The maximum absolute atomic E-state index is 13.6. The van der Waals surface area contributed by atoms with Crippen LogP contribution >= 0.6 is 24.8 Å². The normalized spacial score (nSPS) is 12.1. The lowest BCUT2D eigenvalue weighted by Gasteiger charge is -2.32. The van der Waals surface area contributed by atoms with E-state index in [1.165, 1.54) is 24.1 Å². The average molecular weight is 557 g/mol. The Balaban J connectivity index is 0.00000342. The van der Waals surface area contributed by atoms with E-state index in [2.05, 4.69) is 10.6 Å². The van der Waals surface area contributed by atoms with Crippen LogP contribution in [0.2, 0.25) is 0 Å². The minimum absolute atomic E-state index is 0. The number of rotatable bonds is 11. The lowest BCUT2D eigenvalue weighted by atomic mass is 10.1. The first-order valence-corrected chi connectivity index (χ1v) is 11.8. The van der Waals surface area contributed by atoms with Gasteiger partial charge in [0.15, 0.2) is 5.78 Å². The minimum Gasteiger partial charge on any atom is -0.353 e. The fourth-order valence-electron chi connectivity index (χ4n) is 4.07. The molecule has 8 nitrogen and oxygen atoms in total. The first-order valence-electron chi connectivity index (χ1n) is 11.8. The van der Waals surface area contributed by atoms with Crippen molar-refractivity contribution in [1.82, 2.24) is 20.7 Å². The fraction of sp³-hybridized carbons (Fsp3) is 0.423. The van der Waals surface area contributed by atoms with Gasteiger partial charge >= 0.3 is 0 Å². The monoisotopic (exact) mass is 555 g/mol. The number of carbonyl (C=O) groups is 3. The van der Waals surface area contributed by atoms with Crippen molar-refractivity contribution in [1.29, 1.82) is 0 Å². The fourth-order valence-corrected chi connectivity index (χ4v) is 4.07. The number of Topliss-reactive ketones (excluding diaryl/α,β-unsaturated/α-hetero) is 1. The second-order valence-electron chi connectivity index (χ2n) is 8.77. The van der Waals surface area contributed by atoms with Crippen LogP contribution in [0, 0.1) is 12.7 Å². The Morgan fingerprint density at radius 3 is 2.38 bits per heavy atom. The molecule has 2 amide bonds. The maximum atomic E-state index is 13.6. The van der Waals surface area contributed by atoms with Gasteiger partial charge in [0, 0.05) is 44.5 Å². The summed E-state index contributed by atoms with van der Waals surface area (Å²) in [4.78, 5) is 39.7. The number of aryl methyl sites for hydroxylation is 1. The van der Waals surface area contributed by atoms with Crippen molar-refractivity contribution in [2.45, 2.75) is 33.9 Å². The zero-order valence-electron chi connectivity index (χ0n) is 21.7. The van der Waals surface area contributed by atoms with E-state index in [1.807, 2.05) is 24.9 Å². The standard InChI is InChI=1S/C26H34FN5O3.2ClH/c1-5-28-10-11-29-25(34)16-31(24-13-20(19(3)33)7-6-18(24)2)17-26(35)30(4)32-14-21-8-9-23(27)12-22(21)15-32;;/h6-9,12-13,28H,5,10-11,14-17H2,1-4H3,(H,29,34);2*1H. The van der Waals surface area contributed by atoms with E-state index in [1.54, 1.807) is 30.1 Å². The molecule has 0 unspecified atom stereocenters. The summed E-state index contributed by atoms with van der Waals surface area (Å²) in [6, 6.07) is 9.95. The Morgan fingerprint density at radius 2 is 1.70 bits per heavy atom. The van der Waals surface area contributed by atoms with Crippen molar-refractivity contribution < 1.29 is 18.8 Å². The number of halogens is 3. The number of nitrogens with one attached hydrogen (secondary N) is 2. The van der Waals surface area contributed by atoms with Crippen LogP contribution in [0.3, 0.4) is 0 Å². The lowest BCUT2D eigenvalue weighted by molar-refractivity contribution is -0.145. The number of hydrogen-bond donors (Lipinski definition) is 2. The summed E-state index contributed by atoms with van der Waals surface area (Å²) >= 11 is 0. The molecule has 0 atom stereocenters. The van der Waals surface area contributed by atoms with Crippen LogP contribution in [0.15, 0.2) is 36.4 Å². The molecule has 2 aromatic carbocycles. The molecule has 37 heavy (non-hydrogen) atoms. The zero-order valence-corrected chi connectivity index (χ0v) is 23.3. The Bertz CT molecular complexity index is 1100. The molecule has 0 fully saturated rings. The van der Waals surface area contributed by atoms with Gasteiger partial charge in [0.2, 0.25) is 5.91 Å². The molecule has 1 aliphatic heterocycles. The Hall–Kier alpha value is -2.72. The van der Waals surface area contributed by atoms with Gasteiger partial charge in [-0.05, 0) is 55.3 Å². The quantitative estimate of drug-likeness (QED) is 0.327. The molecule has 2 aromatic rings. The summed E-state index contributed by atoms with van der Waals surface area (Å²) in [6.45, 7) is 8.15. The van der Waals surface area contributed by atoms with Crippen LogP contribution in [0.5, 0.6) is 0 Å². The maximum Gasteiger partial charge on any atom is 0.256 e. The van der Waals surface area contributed by atoms with Crippen LogP contribution in [0.4, 0.5) is 10.1 Å². The molecule has 1 aliphatic rings. The van der Waals surface area contributed by atoms with Crippen molar-refractivity contribution >= 4 is 48.1 Å². The number of amides is 2. The Labute approximate surface area is 230 Å². The molecule has 204 valence electrons. The van der Waals surface area contributed by atoms with Gasteiger partial charge in [-0.1, -0.05) is 25.1 Å². The van der Waals surface area contributed by atoms with Crippen LogP contribution in [-0.2, 0) is 22.7 Å². The number of nitrogens with zero attached hydrogens (tertiary/aromatic N) is 3. The molecule has 0 saturated heterocycles. The van der Waals surface area contributed by atoms with Gasteiger partial charge in [-0.15, -0.1) is 24.8 Å². The molecule has 0 bridgehead atoms.